The van der Waals surface area contributed by atoms with Crippen molar-refractivity contribution in [2.45, 2.75) is 51.3 Å². The molecule has 1 aromatic carbocycles. The number of rotatable bonds is 4. The molecule has 3 nitrogen and oxygen atoms in total. The highest BCUT2D eigenvalue weighted by Crippen LogP contribution is 2.38. The fraction of sp³-hybridized carbons (Fsp3) is 0.500. The predicted octanol–water partition coefficient (Wildman–Crippen LogP) is 3.26. The minimum Gasteiger partial charge on any atom is -0.369 e. The zero-order valence-electron chi connectivity index (χ0n) is 12.8. The summed E-state index contributed by atoms with van der Waals surface area (Å²) in [5.41, 5.74) is 2.68. The van der Waals surface area contributed by atoms with Gasteiger partial charge in [0.15, 0.2) is 0 Å². The van der Waals surface area contributed by atoms with Crippen molar-refractivity contribution in [3.05, 3.63) is 42.0 Å². The Bertz CT molecular complexity index is 537. The lowest BCUT2D eigenvalue weighted by molar-refractivity contribution is -0.144. The number of ether oxygens (including phenoxy) is 1. The smallest absolute Gasteiger partial charge is 0.252 e. The summed E-state index contributed by atoms with van der Waals surface area (Å²) in [4.78, 5) is 14.6. The molecule has 2 bridgehead atoms. The lowest BCUT2D eigenvalue weighted by Gasteiger charge is -2.35. The number of amides is 1. The van der Waals surface area contributed by atoms with E-state index >= 15 is 0 Å². The Morgan fingerprint density at radius 3 is 2.76 bits per heavy atom. The molecule has 3 atom stereocenters. The van der Waals surface area contributed by atoms with Gasteiger partial charge >= 0.3 is 0 Å². The van der Waals surface area contributed by atoms with Crippen molar-refractivity contribution in [2.24, 2.45) is 0 Å². The molecule has 0 N–H and O–H groups in total. The molecule has 0 aromatic heterocycles. The second-order valence-electron chi connectivity index (χ2n) is 5.90. The molecule has 21 heavy (non-hydrogen) atoms. The fourth-order valence-electron chi connectivity index (χ4n) is 3.57. The number of fused-ring (bicyclic) bond motifs is 2. The summed E-state index contributed by atoms with van der Waals surface area (Å²) >= 11 is 0. The molecule has 3 rings (SSSR count). The molecule has 0 spiro atoms. The first-order valence-corrected chi connectivity index (χ1v) is 7.90. The van der Waals surface area contributed by atoms with Crippen LogP contribution in [0.3, 0.4) is 0 Å². The molecule has 0 radical (unpaired) electrons. The first-order valence-electron chi connectivity index (χ1n) is 7.90. The van der Waals surface area contributed by atoms with Gasteiger partial charge in [-0.05, 0) is 44.2 Å². The third-order valence-electron chi connectivity index (χ3n) is 4.56. The van der Waals surface area contributed by atoms with Crippen LogP contribution in [0.25, 0.3) is 5.57 Å². The zero-order chi connectivity index (χ0) is 14.8. The van der Waals surface area contributed by atoms with E-state index in [1.54, 1.807) is 0 Å². The summed E-state index contributed by atoms with van der Waals surface area (Å²) < 4.78 is 5.48. The van der Waals surface area contributed by atoms with Crippen LogP contribution in [-0.2, 0) is 9.53 Å². The highest BCUT2D eigenvalue weighted by atomic mass is 16.5. The van der Waals surface area contributed by atoms with Gasteiger partial charge in [-0.15, -0.1) is 0 Å². The van der Waals surface area contributed by atoms with Gasteiger partial charge in [0, 0.05) is 12.6 Å². The van der Waals surface area contributed by atoms with Crippen LogP contribution in [0.5, 0.6) is 0 Å². The quantitative estimate of drug-likeness (QED) is 0.850. The molecule has 3 heteroatoms. The molecular weight excluding hydrogens is 262 g/mol. The van der Waals surface area contributed by atoms with E-state index in [-0.39, 0.29) is 18.1 Å². The molecule has 2 aliphatic heterocycles. The number of carbonyl (C=O) groups excluding carboxylic acids is 1. The van der Waals surface area contributed by atoms with Gasteiger partial charge in [0.1, 0.15) is 6.10 Å². The molecule has 1 saturated heterocycles. The summed E-state index contributed by atoms with van der Waals surface area (Å²) in [5, 5.41) is 0. The molecule has 0 aliphatic carbocycles. The molecule has 1 fully saturated rings. The number of hydrogen-bond acceptors (Lipinski definition) is 2. The monoisotopic (exact) mass is 285 g/mol. The predicted molar refractivity (Wildman–Crippen MR) is 83.8 cm³/mol. The third kappa shape index (κ3) is 2.75. The van der Waals surface area contributed by atoms with Crippen molar-refractivity contribution in [3.63, 3.8) is 0 Å². The van der Waals surface area contributed by atoms with Crippen molar-refractivity contribution in [3.8, 4) is 0 Å². The topological polar surface area (TPSA) is 29.5 Å². The first-order chi connectivity index (χ1) is 10.2. The number of nitrogens with zero attached hydrogens (tertiary/aromatic N) is 1. The first kappa shape index (κ1) is 14.3. The standard InChI is InChI=1S/C18H23NO2/c1-3-21-13(2)18(20)19-16-9-10-17(19)12-15(11-16)14-7-5-4-6-8-14/h4-8,11,13,16-17H,3,9-10,12H2,1-2H3/t13-,16+,17+/m0/s1. The van der Waals surface area contributed by atoms with E-state index in [1.165, 1.54) is 11.1 Å². The molecule has 1 aromatic rings. The average Bonchev–Trinajstić information content (AvgIpc) is 2.77. The van der Waals surface area contributed by atoms with Crippen molar-refractivity contribution >= 4 is 11.5 Å². The van der Waals surface area contributed by atoms with Gasteiger partial charge in [-0.2, -0.15) is 0 Å². The van der Waals surface area contributed by atoms with Crippen LogP contribution in [0.4, 0.5) is 0 Å². The van der Waals surface area contributed by atoms with E-state index in [4.69, 9.17) is 4.74 Å². The van der Waals surface area contributed by atoms with Gasteiger partial charge < -0.3 is 9.64 Å². The molecule has 2 aliphatic rings. The maximum Gasteiger partial charge on any atom is 0.252 e. The van der Waals surface area contributed by atoms with E-state index in [2.05, 4.69) is 35.2 Å². The van der Waals surface area contributed by atoms with E-state index < -0.39 is 0 Å². The third-order valence-corrected chi connectivity index (χ3v) is 4.56. The van der Waals surface area contributed by atoms with E-state index in [1.807, 2.05) is 19.9 Å². The molecular formula is C18H23NO2. The Labute approximate surface area is 126 Å². The van der Waals surface area contributed by atoms with Crippen LogP contribution < -0.4 is 0 Å². The lowest BCUT2D eigenvalue weighted by atomic mass is 9.94. The van der Waals surface area contributed by atoms with Crippen LogP contribution in [-0.4, -0.2) is 35.6 Å². The van der Waals surface area contributed by atoms with Gasteiger partial charge in [-0.25, -0.2) is 0 Å². The summed E-state index contributed by atoms with van der Waals surface area (Å²) in [5.74, 6) is 0.146. The minimum atomic E-state index is -0.329. The Morgan fingerprint density at radius 1 is 1.33 bits per heavy atom. The highest BCUT2D eigenvalue weighted by Gasteiger charge is 2.41. The largest absolute Gasteiger partial charge is 0.369 e. The maximum absolute atomic E-state index is 12.6. The summed E-state index contributed by atoms with van der Waals surface area (Å²) in [6.07, 6.45) is 5.10. The highest BCUT2D eigenvalue weighted by molar-refractivity contribution is 5.83. The second-order valence-corrected chi connectivity index (χ2v) is 5.90. The van der Waals surface area contributed by atoms with E-state index in [9.17, 15) is 4.79 Å². The van der Waals surface area contributed by atoms with Crippen LogP contribution in [0, 0.1) is 0 Å². The Balaban J connectivity index is 1.80. The fourth-order valence-corrected chi connectivity index (χ4v) is 3.57. The van der Waals surface area contributed by atoms with Crippen molar-refractivity contribution < 1.29 is 9.53 Å². The summed E-state index contributed by atoms with van der Waals surface area (Å²) in [6.45, 7) is 4.38. The van der Waals surface area contributed by atoms with Crippen molar-refractivity contribution in [1.29, 1.82) is 0 Å². The van der Waals surface area contributed by atoms with E-state index in [0.29, 0.717) is 12.6 Å². The van der Waals surface area contributed by atoms with Gasteiger partial charge in [-0.3, -0.25) is 4.79 Å². The van der Waals surface area contributed by atoms with Crippen molar-refractivity contribution in [1.82, 2.24) is 4.90 Å². The average molecular weight is 285 g/mol. The molecule has 2 heterocycles. The van der Waals surface area contributed by atoms with Gasteiger partial charge in [0.05, 0.1) is 6.04 Å². The second kappa shape index (κ2) is 6.02. The zero-order valence-corrected chi connectivity index (χ0v) is 12.8. The number of hydrogen-bond donors (Lipinski definition) is 0. The van der Waals surface area contributed by atoms with Gasteiger partial charge in [0.25, 0.3) is 5.91 Å². The number of carbonyl (C=O) groups is 1. The Morgan fingerprint density at radius 2 is 2.10 bits per heavy atom. The van der Waals surface area contributed by atoms with E-state index in [0.717, 1.165) is 19.3 Å². The Kier molecular flexibility index (Phi) is 4.11. The normalized spacial score (nSPS) is 25.6. The van der Waals surface area contributed by atoms with Crippen LogP contribution in [0.1, 0.15) is 38.7 Å². The molecule has 0 saturated carbocycles. The SMILES string of the molecule is CCO[C@@H](C)C(=O)N1[C@@H]2CC[C@@H]1C=C(c1ccccc1)C2. The molecule has 112 valence electrons. The van der Waals surface area contributed by atoms with Crippen LogP contribution in [0.2, 0.25) is 0 Å². The molecule has 1 amide bonds. The Hall–Kier alpha value is -1.61. The van der Waals surface area contributed by atoms with Crippen LogP contribution >= 0.6 is 0 Å². The van der Waals surface area contributed by atoms with Crippen molar-refractivity contribution in [2.75, 3.05) is 6.61 Å². The minimum absolute atomic E-state index is 0.146. The summed E-state index contributed by atoms with van der Waals surface area (Å²) in [7, 11) is 0. The van der Waals surface area contributed by atoms with Gasteiger partial charge in [0.2, 0.25) is 0 Å². The number of benzene rings is 1. The van der Waals surface area contributed by atoms with Gasteiger partial charge in [-0.1, -0.05) is 36.4 Å². The lowest BCUT2D eigenvalue weighted by Crippen LogP contribution is -2.47. The summed E-state index contributed by atoms with van der Waals surface area (Å²) in [6, 6.07) is 11.1. The van der Waals surface area contributed by atoms with Crippen LogP contribution in [0.15, 0.2) is 36.4 Å². The molecule has 0 unspecified atom stereocenters. The maximum atomic E-state index is 12.6.